The molecular formula is C22H14O2S4. The minimum absolute atomic E-state index is 0.126. The van der Waals surface area contributed by atoms with Gasteiger partial charge in [-0.25, -0.2) is 0 Å². The molecule has 0 aliphatic rings. The maximum absolute atomic E-state index is 12.5. The molecule has 0 spiro atoms. The van der Waals surface area contributed by atoms with Crippen molar-refractivity contribution in [2.75, 3.05) is 0 Å². The molecule has 138 valence electrons. The van der Waals surface area contributed by atoms with Crippen molar-refractivity contribution >= 4 is 66.6 Å². The third kappa shape index (κ3) is 5.23. The van der Waals surface area contributed by atoms with E-state index in [1.54, 1.807) is 24.3 Å². The van der Waals surface area contributed by atoms with Gasteiger partial charge in [0, 0.05) is 22.3 Å². The van der Waals surface area contributed by atoms with Crippen LogP contribution in [0.25, 0.3) is 0 Å². The Bertz CT molecular complexity index is 946. The van der Waals surface area contributed by atoms with E-state index in [4.69, 9.17) is 24.4 Å². The van der Waals surface area contributed by atoms with Crippen LogP contribution >= 0.6 is 48.0 Å². The lowest BCUT2D eigenvalue weighted by atomic mass is 10.1. The largest absolute Gasteiger partial charge is 0.281 e. The van der Waals surface area contributed by atoms with Crippen molar-refractivity contribution in [1.29, 1.82) is 0 Å². The summed E-state index contributed by atoms with van der Waals surface area (Å²) in [6.07, 6.45) is 0. The van der Waals surface area contributed by atoms with Crippen molar-refractivity contribution in [3.8, 4) is 0 Å². The first-order chi connectivity index (χ1) is 13.6. The molecule has 3 rings (SSSR count). The monoisotopic (exact) mass is 438 g/mol. The van der Waals surface area contributed by atoms with Crippen LogP contribution in [0.3, 0.4) is 0 Å². The first-order valence-electron chi connectivity index (χ1n) is 8.28. The number of carbonyl (C=O) groups is 2. The van der Waals surface area contributed by atoms with E-state index in [9.17, 15) is 9.59 Å². The van der Waals surface area contributed by atoms with Gasteiger partial charge in [0.25, 0.3) is 0 Å². The lowest BCUT2D eigenvalue weighted by Gasteiger charge is -2.10. The Morgan fingerprint density at radius 3 is 1.21 bits per heavy atom. The molecule has 0 heterocycles. The number of hydrogen-bond donors (Lipinski definition) is 0. The van der Waals surface area contributed by atoms with Gasteiger partial charge in [-0.05, 0) is 23.5 Å². The molecule has 0 saturated carbocycles. The van der Waals surface area contributed by atoms with E-state index in [0.717, 1.165) is 23.5 Å². The molecule has 0 saturated heterocycles. The summed E-state index contributed by atoms with van der Waals surface area (Å²) in [4.78, 5) is 24.9. The zero-order valence-electron chi connectivity index (χ0n) is 14.5. The summed E-state index contributed by atoms with van der Waals surface area (Å²) < 4.78 is 0.860. The smallest absolute Gasteiger partial charge is 0.224 e. The number of carbonyl (C=O) groups excluding carboxylic acids is 2. The maximum Gasteiger partial charge on any atom is 0.224 e. The van der Waals surface area contributed by atoms with Gasteiger partial charge in [-0.3, -0.25) is 9.59 Å². The van der Waals surface area contributed by atoms with Crippen LogP contribution in [-0.2, 0) is 0 Å². The minimum atomic E-state index is -0.126. The number of thiocarbonyl (C=S) groups is 2. The zero-order valence-corrected chi connectivity index (χ0v) is 17.8. The van der Waals surface area contributed by atoms with Crippen LogP contribution in [-0.4, -0.2) is 18.6 Å². The van der Waals surface area contributed by atoms with Crippen LogP contribution in [0, 0.1) is 0 Å². The Kier molecular flexibility index (Phi) is 7.28. The highest BCUT2D eigenvalue weighted by Crippen LogP contribution is 2.26. The normalized spacial score (nSPS) is 10.3. The molecule has 0 aromatic heterocycles. The zero-order chi connectivity index (χ0) is 19.9. The average molecular weight is 439 g/mol. The van der Waals surface area contributed by atoms with Gasteiger partial charge in [-0.15, -0.1) is 0 Å². The van der Waals surface area contributed by atoms with E-state index >= 15 is 0 Å². The summed E-state index contributed by atoms with van der Waals surface area (Å²) in [5, 5.41) is -0.251. The third-order valence-electron chi connectivity index (χ3n) is 3.76. The van der Waals surface area contributed by atoms with Crippen molar-refractivity contribution in [3.05, 3.63) is 107 Å². The van der Waals surface area contributed by atoms with E-state index in [0.29, 0.717) is 30.6 Å². The molecule has 28 heavy (non-hydrogen) atoms. The molecule has 0 bridgehead atoms. The molecule has 0 aliphatic heterocycles. The van der Waals surface area contributed by atoms with E-state index in [1.807, 2.05) is 60.7 Å². The van der Waals surface area contributed by atoms with Gasteiger partial charge in [0.15, 0.2) is 0 Å². The molecule has 3 aromatic rings. The van der Waals surface area contributed by atoms with E-state index in [1.165, 1.54) is 0 Å². The lowest BCUT2D eigenvalue weighted by molar-refractivity contribution is 0.108. The quantitative estimate of drug-likeness (QED) is 0.452. The fourth-order valence-electron chi connectivity index (χ4n) is 2.38. The van der Waals surface area contributed by atoms with E-state index in [2.05, 4.69) is 0 Å². The molecule has 0 unspecified atom stereocenters. The van der Waals surface area contributed by atoms with Gasteiger partial charge >= 0.3 is 0 Å². The Morgan fingerprint density at radius 2 is 0.857 bits per heavy atom. The Labute approximate surface area is 182 Å². The molecule has 6 heteroatoms. The fraction of sp³-hybridized carbons (Fsp3) is 0. The van der Waals surface area contributed by atoms with Gasteiger partial charge in [0.1, 0.15) is 0 Å². The topological polar surface area (TPSA) is 34.1 Å². The standard InChI is InChI=1S/C22H14O2S4/c23-19(15-9-3-1-4-10-15)27-21(25)17-13-7-8-14-18(17)22(26)28-20(24)16-11-5-2-6-12-16/h1-14H. The first-order valence-corrected chi connectivity index (χ1v) is 10.7. The maximum atomic E-state index is 12.5. The summed E-state index contributed by atoms with van der Waals surface area (Å²) in [6.45, 7) is 0. The molecule has 0 amide bonds. The van der Waals surface area contributed by atoms with Crippen molar-refractivity contribution in [2.24, 2.45) is 0 Å². The van der Waals surface area contributed by atoms with Crippen LogP contribution in [0.1, 0.15) is 31.8 Å². The summed E-state index contributed by atoms with van der Waals surface area (Å²) in [6, 6.07) is 25.3. The van der Waals surface area contributed by atoms with Gasteiger partial charge in [0.2, 0.25) is 10.2 Å². The van der Waals surface area contributed by atoms with Crippen LogP contribution in [0.5, 0.6) is 0 Å². The second-order valence-electron chi connectivity index (χ2n) is 5.63. The average Bonchev–Trinajstić information content (AvgIpc) is 2.74. The number of rotatable bonds is 4. The molecule has 0 radical (unpaired) electrons. The van der Waals surface area contributed by atoms with Gasteiger partial charge in [-0.2, -0.15) is 0 Å². The molecule has 3 aromatic carbocycles. The predicted molar refractivity (Wildman–Crippen MR) is 127 cm³/mol. The highest BCUT2D eigenvalue weighted by Gasteiger charge is 2.18. The van der Waals surface area contributed by atoms with E-state index in [-0.39, 0.29) is 10.2 Å². The van der Waals surface area contributed by atoms with Gasteiger partial charge in [-0.1, -0.05) is 109 Å². The minimum Gasteiger partial charge on any atom is -0.281 e. The second kappa shape index (κ2) is 9.89. The molecule has 0 atom stereocenters. The Balaban J connectivity index is 1.77. The molecule has 0 aliphatic carbocycles. The van der Waals surface area contributed by atoms with Crippen LogP contribution in [0.4, 0.5) is 0 Å². The summed E-state index contributed by atoms with van der Waals surface area (Å²) in [5.41, 5.74) is 2.54. The number of hydrogen-bond acceptors (Lipinski definition) is 6. The van der Waals surface area contributed by atoms with Crippen molar-refractivity contribution in [2.45, 2.75) is 0 Å². The third-order valence-corrected chi connectivity index (χ3v) is 6.35. The highest BCUT2D eigenvalue weighted by molar-refractivity contribution is 8.34. The van der Waals surface area contributed by atoms with E-state index < -0.39 is 0 Å². The lowest BCUT2D eigenvalue weighted by Crippen LogP contribution is -2.07. The molecule has 2 nitrogen and oxygen atoms in total. The molecular weight excluding hydrogens is 425 g/mol. The second-order valence-corrected chi connectivity index (χ2v) is 8.93. The fourth-order valence-corrected chi connectivity index (χ4v) is 4.61. The number of benzene rings is 3. The Hall–Kier alpha value is -2.12. The highest BCUT2D eigenvalue weighted by atomic mass is 32.2. The van der Waals surface area contributed by atoms with Crippen LogP contribution in [0.15, 0.2) is 84.9 Å². The van der Waals surface area contributed by atoms with Gasteiger partial charge in [0.05, 0.1) is 8.39 Å². The van der Waals surface area contributed by atoms with Crippen molar-refractivity contribution in [3.63, 3.8) is 0 Å². The van der Waals surface area contributed by atoms with Gasteiger partial charge < -0.3 is 0 Å². The van der Waals surface area contributed by atoms with Crippen LogP contribution in [0.2, 0.25) is 0 Å². The Morgan fingerprint density at radius 1 is 0.536 bits per heavy atom. The van der Waals surface area contributed by atoms with Crippen LogP contribution < -0.4 is 0 Å². The summed E-state index contributed by atoms with van der Waals surface area (Å²) in [7, 11) is 0. The SMILES string of the molecule is O=C(SC(=S)c1ccccc1C(=S)SC(=O)c1ccccc1)c1ccccc1. The summed E-state index contributed by atoms with van der Waals surface area (Å²) in [5.74, 6) is 0. The summed E-state index contributed by atoms with van der Waals surface area (Å²) >= 11 is 13.0. The molecule has 0 N–H and O–H groups in total. The molecule has 0 fully saturated rings. The number of thioether (sulfide) groups is 2. The van der Waals surface area contributed by atoms with Crippen molar-refractivity contribution < 1.29 is 9.59 Å². The van der Waals surface area contributed by atoms with Crippen molar-refractivity contribution in [1.82, 2.24) is 0 Å². The predicted octanol–water partition coefficient (Wildman–Crippen LogP) is 6.18. The first kappa shape index (κ1) is 20.6.